The summed E-state index contributed by atoms with van der Waals surface area (Å²) < 4.78 is 16.8. The molecule has 1 N–H and O–H groups in total. The maximum absolute atomic E-state index is 10.3. The van der Waals surface area contributed by atoms with Gasteiger partial charge in [-0.2, -0.15) is 0 Å². The van der Waals surface area contributed by atoms with E-state index in [1.165, 1.54) is 0 Å². The molecule has 0 aliphatic carbocycles. The fourth-order valence-electron chi connectivity index (χ4n) is 2.81. The Morgan fingerprint density at radius 2 is 2.33 bits per heavy atom. The van der Waals surface area contributed by atoms with Crippen molar-refractivity contribution in [3.63, 3.8) is 0 Å². The monoisotopic (exact) mass is 250 g/mol. The molecule has 2 aliphatic rings. The Kier molecular flexibility index (Phi) is 2.92. The minimum absolute atomic E-state index is 0.348. The molecule has 3 rings (SSSR count). The largest absolute Gasteiger partial charge is 0.497 e. The molecule has 0 amide bonds. The zero-order valence-corrected chi connectivity index (χ0v) is 10.5. The van der Waals surface area contributed by atoms with Gasteiger partial charge >= 0.3 is 0 Å². The number of fused-ring (bicyclic) bond motifs is 1. The zero-order chi connectivity index (χ0) is 12.6. The van der Waals surface area contributed by atoms with E-state index < -0.39 is 6.10 Å². The number of rotatable bonds is 1. The fourth-order valence-corrected chi connectivity index (χ4v) is 2.81. The first-order valence-electron chi connectivity index (χ1n) is 6.35. The molecule has 1 aromatic carbocycles. The van der Waals surface area contributed by atoms with Crippen LogP contribution in [-0.4, -0.2) is 31.0 Å². The molecule has 2 atom stereocenters. The highest BCUT2D eigenvalue weighted by molar-refractivity contribution is 5.43. The molecule has 1 saturated heterocycles. The van der Waals surface area contributed by atoms with Crippen molar-refractivity contribution in [2.24, 2.45) is 0 Å². The van der Waals surface area contributed by atoms with Crippen LogP contribution >= 0.6 is 0 Å². The molecular formula is C14H18O4. The van der Waals surface area contributed by atoms with E-state index in [2.05, 4.69) is 0 Å². The zero-order valence-electron chi connectivity index (χ0n) is 10.5. The number of ether oxygens (including phenoxy) is 3. The summed E-state index contributed by atoms with van der Waals surface area (Å²) in [6, 6.07) is 5.57. The lowest BCUT2D eigenvalue weighted by Crippen LogP contribution is -2.47. The Bertz CT molecular complexity index is 437. The van der Waals surface area contributed by atoms with Gasteiger partial charge in [0.05, 0.1) is 19.8 Å². The molecule has 1 spiro atoms. The second-order valence-corrected chi connectivity index (χ2v) is 5.06. The summed E-state index contributed by atoms with van der Waals surface area (Å²) in [7, 11) is 1.62. The summed E-state index contributed by atoms with van der Waals surface area (Å²) in [5.41, 5.74) is 0.463. The van der Waals surface area contributed by atoms with Crippen LogP contribution in [0.3, 0.4) is 0 Å². The van der Waals surface area contributed by atoms with Gasteiger partial charge in [0.25, 0.3) is 0 Å². The van der Waals surface area contributed by atoms with Gasteiger partial charge in [-0.15, -0.1) is 0 Å². The molecule has 98 valence electrons. The number of benzene rings is 1. The standard InChI is InChI=1S/C14H18O4/c1-16-10-3-4-13-11(7-10)12(15)8-14(18-13)5-2-6-17-9-14/h3-4,7,12,15H,2,5-6,8-9H2,1H3/t12-,14?/m1/s1. The van der Waals surface area contributed by atoms with E-state index in [0.717, 1.165) is 36.5 Å². The number of hydrogen-bond acceptors (Lipinski definition) is 4. The smallest absolute Gasteiger partial charge is 0.135 e. The maximum Gasteiger partial charge on any atom is 0.135 e. The van der Waals surface area contributed by atoms with E-state index in [0.29, 0.717) is 13.0 Å². The van der Waals surface area contributed by atoms with Crippen LogP contribution in [0, 0.1) is 0 Å². The van der Waals surface area contributed by atoms with Crippen molar-refractivity contribution >= 4 is 0 Å². The summed E-state index contributed by atoms with van der Waals surface area (Å²) in [6.07, 6.45) is 2.01. The topological polar surface area (TPSA) is 47.9 Å². The fraction of sp³-hybridized carbons (Fsp3) is 0.571. The van der Waals surface area contributed by atoms with E-state index in [4.69, 9.17) is 14.2 Å². The van der Waals surface area contributed by atoms with Gasteiger partial charge in [0.15, 0.2) is 0 Å². The van der Waals surface area contributed by atoms with Gasteiger partial charge in [0.2, 0.25) is 0 Å². The third kappa shape index (κ3) is 1.95. The van der Waals surface area contributed by atoms with Crippen molar-refractivity contribution in [2.75, 3.05) is 20.3 Å². The Morgan fingerprint density at radius 3 is 3.06 bits per heavy atom. The molecule has 4 heteroatoms. The van der Waals surface area contributed by atoms with Crippen LogP contribution in [0.15, 0.2) is 18.2 Å². The lowest BCUT2D eigenvalue weighted by atomic mass is 9.85. The van der Waals surface area contributed by atoms with Gasteiger partial charge in [-0.25, -0.2) is 0 Å². The molecule has 2 aliphatic heterocycles. The molecule has 2 heterocycles. The second-order valence-electron chi connectivity index (χ2n) is 5.06. The number of methoxy groups -OCH3 is 1. The molecule has 1 fully saturated rings. The Labute approximate surface area is 106 Å². The van der Waals surface area contributed by atoms with Crippen LogP contribution in [-0.2, 0) is 4.74 Å². The molecule has 0 saturated carbocycles. The van der Waals surface area contributed by atoms with Crippen LogP contribution in [0.2, 0.25) is 0 Å². The summed E-state index contributed by atoms with van der Waals surface area (Å²) in [4.78, 5) is 0. The van der Waals surface area contributed by atoms with E-state index in [1.54, 1.807) is 7.11 Å². The number of hydrogen-bond donors (Lipinski definition) is 1. The van der Waals surface area contributed by atoms with Crippen molar-refractivity contribution in [1.82, 2.24) is 0 Å². The van der Waals surface area contributed by atoms with Crippen molar-refractivity contribution in [3.8, 4) is 11.5 Å². The molecular weight excluding hydrogens is 232 g/mol. The van der Waals surface area contributed by atoms with Gasteiger partial charge < -0.3 is 19.3 Å². The number of aliphatic hydroxyl groups excluding tert-OH is 1. The minimum Gasteiger partial charge on any atom is -0.497 e. The molecule has 1 unspecified atom stereocenters. The highest BCUT2D eigenvalue weighted by Gasteiger charge is 2.42. The molecule has 1 aromatic rings. The average molecular weight is 250 g/mol. The third-order valence-electron chi connectivity index (χ3n) is 3.75. The third-order valence-corrected chi connectivity index (χ3v) is 3.75. The van der Waals surface area contributed by atoms with Crippen LogP contribution in [0.1, 0.15) is 30.9 Å². The van der Waals surface area contributed by atoms with E-state index in [9.17, 15) is 5.11 Å². The van der Waals surface area contributed by atoms with Crippen molar-refractivity contribution in [1.29, 1.82) is 0 Å². The lowest BCUT2D eigenvalue weighted by molar-refractivity contribution is -0.103. The first kappa shape index (κ1) is 11.8. The van der Waals surface area contributed by atoms with Crippen molar-refractivity contribution in [2.45, 2.75) is 31.0 Å². The van der Waals surface area contributed by atoms with E-state index >= 15 is 0 Å². The molecule has 18 heavy (non-hydrogen) atoms. The summed E-state index contributed by atoms with van der Waals surface area (Å²) in [5.74, 6) is 1.49. The normalized spacial score (nSPS) is 30.7. The van der Waals surface area contributed by atoms with Crippen LogP contribution in [0.5, 0.6) is 11.5 Å². The van der Waals surface area contributed by atoms with Gasteiger partial charge in [-0.3, -0.25) is 0 Å². The molecule has 0 aromatic heterocycles. The summed E-state index contributed by atoms with van der Waals surface area (Å²) >= 11 is 0. The first-order chi connectivity index (χ1) is 8.72. The van der Waals surface area contributed by atoms with Gasteiger partial charge in [0, 0.05) is 18.6 Å². The predicted molar refractivity (Wildman–Crippen MR) is 66.0 cm³/mol. The Balaban J connectivity index is 1.92. The van der Waals surface area contributed by atoms with E-state index in [1.807, 2.05) is 18.2 Å². The quantitative estimate of drug-likeness (QED) is 0.828. The predicted octanol–water partition coefficient (Wildman–Crippen LogP) is 2.06. The summed E-state index contributed by atoms with van der Waals surface area (Å²) in [6.45, 7) is 1.35. The second kappa shape index (κ2) is 4.44. The maximum atomic E-state index is 10.3. The minimum atomic E-state index is -0.509. The van der Waals surface area contributed by atoms with Gasteiger partial charge in [-0.05, 0) is 31.0 Å². The summed E-state index contributed by atoms with van der Waals surface area (Å²) in [5, 5.41) is 10.3. The molecule has 4 nitrogen and oxygen atoms in total. The van der Waals surface area contributed by atoms with Crippen LogP contribution < -0.4 is 9.47 Å². The van der Waals surface area contributed by atoms with Crippen LogP contribution in [0.4, 0.5) is 0 Å². The van der Waals surface area contributed by atoms with Gasteiger partial charge in [0.1, 0.15) is 17.1 Å². The first-order valence-corrected chi connectivity index (χ1v) is 6.35. The molecule has 0 radical (unpaired) electrons. The number of aliphatic hydroxyl groups is 1. The highest BCUT2D eigenvalue weighted by atomic mass is 16.5. The van der Waals surface area contributed by atoms with Crippen LogP contribution in [0.25, 0.3) is 0 Å². The van der Waals surface area contributed by atoms with E-state index in [-0.39, 0.29) is 5.60 Å². The SMILES string of the molecule is COc1ccc2c(c1)[C@H](O)CC1(CCCOC1)O2. The highest BCUT2D eigenvalue weighted by Crippen LogP contribution is 2.44. The average Bonchev–Trinajstić information content (AvgIpc) is 2.39. The van der Waals surface area contributed by atoms with Gasteiger partial charge in [-0.1, -0.05) is 0 Å². The lowest BCUT2D eigenvalue weighted by Gasteiger charge is -2.42. The Morgan fingerprint density at radius 1 is 1.44 bits per heavy atom. The molecule has 0 bridgehead atoms. The Hall–Kier alpha value is -1.26. The van der Waals surface area contributed by atoms with Crippen molar-refractivity contribution < 1.29 is 19.3 Å². The van der Waals surface area contributed by atoms with Crippen molar-refractivity contribution in [3.05, 3.63) is 23.8 Å².